The summed E-state index contributed by atoms with van der Waals surface area (Å²) in [7, 11) is 1.47. The van der Waals surface area contributed by atoms with E-state index in [-0.39, 0.29) is 11.9 Å². The summed E-state index contributed by atoms with van der Waals surface area (Å²) < 4.78 is 5.16. The van der Waals surface area contributed by atoms with Crippen LogP contribution in [0.2, 0.25) is 0 Å². The Morgan fingerprint density at radius 3 is 2.11 bits per heavy atom. The van der Waals surface area contributed by atoms with Gasteiger partial charge in [0.15, 0.2) is 0 Å². The zero-order chi connectivity index (χ0) is 18.7. The van der Waals surface area contributed by atoms with Crippen LogP contribution in [0.1, 0.15) is 17.5 Å². The van der Waals surface area contributed by atoms with E-state index in [0.717, 1.165) is 23.1 Å². The number of carbonyl (C=O) groups is 1. The van der Waals surface area contributed by atoms with Crippen molar-refractivity contribution in [3.8, 4) is 11.1 Å². The maximum Gasteiger partial charge on any atom is 0.316 e. The lowest BCUT2D eigenvalue weighted by Crippen LogP contribution is -2.24. The Hall–Kier alpha value is -3.13. The van der Waals surface area contributed by atoms with Crippen LogP contribution in [0.4, 0.5) is 0 Å². The molecule has 27 heavy (non-hydrogen) atoms. The van der Waals surface area contributed by atoms with Crippen molar-refractivity contribution in [3.63, 3.8) is 0 Å². The molecule has 2 heteroatoms. The quantitative estimate of drug-likeness (QED) is 0.566. The molecular formula is C25H22O2. The molecule has 0 bridgehead atoms. The Morgan fingerprint density at radius 2 is 1.48 bits per heavy atom. The first kappa shape index (κ1) is 17.3. The molecule has 1 aliphatic carbocycles. The van der Waals surface area contributed by atoms with Crippen molar-refractivity contribution in [2.75, 3.05) is 7.11 Å². The topological polar surface area (TPSA) is 26.3 Å². The molecule has 1 aliphatic rings. The molecule has 3 aromatic rings. The zero-order valence-electron chi connectivity index (χ0n) is 15.3. The summed E-state index contributed by atoms with van der Waals surface area (Å²) in [5.74, 6) is 0.00500. The standard InChI is InChI=1S/C25H22O2/c1-27-24(26)25(18-23(25)15-12-19-8-4-2-5-9-19)22-16-13-21(14-17-22)20-10-6-3-7-11-20/h2-17,23H,18H2,1H3. The van der Waals surface area contributed by atoms with Crippen LogP contribution >= 0.6 is 0 Å². The molecule has 4 rings (SSSR count). The van der Waals surface area contributed by atoms with Crippen molar-refractivity contribution < 1.29 is 9.53 Å². The van der Waals surface area contributed by atoms with Gasteiger partial charge in [-0.2, -0.15) is 0 Å². The van der Waals surface area contributed by atoms with E-state index in [1.54, 1.807) is 0 Å². The highest BCUT2D eigenvalue weighted by atomic mass is 16.5. The van der Waals surface area contributed by atoms with Crippen molar-refractivity contribution in [1.82, 2.24) is 0 Å². The van der Waals surface area contributed by atoms with Crippen molar-refractivity contribution in [1.29, 1.82) is 0 Å². The average molecular weight is 354 g/mol. The fourth-order valence-electron chi connectivity index (χ4n) is 3.77. The monoisotopic (exact) mass is 354 g/mol. The fraction of sp³-hybridized carbons (Fsp3) is 0.160. The van der Waals surface area contributed by atoms with Gasteiger partial charge in [0.05, 0.1) is 12.5 Å². The predicted octanol–water partition coefficient (Wildman–Crippen LogP) is 5.50. The minimum atomic E-state index is -0.560. The van der Waals surface area contributed by atoms with Crippen LogP contribution in [-0.2, 0) is 14.9 Å². The third kappa shape index (κ3) is 3.31. The van der Waals surface area contributed by atoms with E-state index in [2.05, 4.69) is 60.7 Å². The Balaban J connectivity index is 1.60. The third-order valence-corrected chi connectivity index (χ3v) is 5.39. The summed E-state index contributed by atoms with van der Waals surface area (Å²) in [4.78, 5) is 12.6. The van der Waals surface area contributed by atoms with E-state index in [1.807, 2.05) is 36.4 Å². The normalized spacial score (nSPS) is 21.1. The molecule has 0 radical (unpaired) electrons. The molecule has 1 saturated carbocycles. The lowest BCUT2D eigenvalue weighted by atomic mass is 9.91. The number of hydrogen-bond donors (Lipinski definition) is 0. The number of methoxy groups -OCH3 is 1. The molecule has 2 unspecified atom stereocenters. The smallest absolute Gasteiger partial charge is 0.316 e. The van der Waals surface area contributed by atoms with Crippen molar-refractivity contribution in [2.24, 2.45) is 5.92 Å². The molecule has 0 aliphatic heterocycles. The van der Waals surface area contributed by atoms with Crippen LogP contribution in [-0.4, -0.2) is 13.1 Å². The van der Waals surface area contributed by atoms with Crippen molar-refractivity contribution in [2.45, 2.75) is 11.8 Å². The van der Waals surface area contributed by atoms with Crippen LogP contribution in [0.5, 0.6) is 0 Å². The Labute approximate surface area is 160 Å². The Kier molecular flexibility index (Phi) is 4.64. The SMILES string of the molecule is COC(=O)C1(c2ccc(-c3ccccc3)cc2)CC1C=Cc1ccccc1. The van der Waals surface area contributed by atoms with Gasteiger partial charge in [-0.05, 0) is 34.6 Å². The maximum absolute atomic E-state index is 12.6. The number of hydrogen-bond acceptors (Lipinski definition) is 2. The number of carbonyl (C=O) groups excluding carboxylic acids is 1. The van der Waals surface area contributed by atoms with E-state index < -0.39 is 5.41 Å². The number of benzene rings is 3. The summed E-state index contributed by atoms with van der Waals surface area (Å²) in [6.07, 6.45) is 5.01. The van der Waals surface area contributed by atoms with Crippen LogP contribution < -0.4 is 0 Å². The first-order valence-corrected chi connectivity index (χ1v) is 9.22. The van der Waals surface area contributed by atoms with Gasteiger partial charge in [-0.1, -0.05) is 97.1 Å². The van der Waals surface area contributed by atoms with Crippen molar-refractivity contribution in [3.05, 3.63) is 102 Å². The molecular weight excluding hydrogens is 332 g/mol. The number of ether oxygens (including phenoxy) is 1. The van der Waals surface area contributed by atoms with Gasteiger partial charge in [0.25, 0.3) is 0 Å². The van der Waals surface area contributed by atoms with Gasteiger partial charge in [-0.3, -0.25) is 4.79 Å². The molecule has 2 atom stereocenters. The van der Waals surface area contributed by atoms with E-state index >= 15 is 0 Å². The summed E-state index contributed by atoms with van der Waals surface area (Å²) in [6, 6.07) is 28.7. The van der Waals surface area contributed by atoms with Gasteiger partial charge in [0.2, 0.25) is 0 Å². The van der Waals surface area contributed by atoms with E-state index in [1.165, 1.54) is 12.7 Å². The van der Waals surface area contributed by atoms with Crippen molar-refractivity contribution >= 4 is 12.0 Å². The van der Waals surface area contributed by atoms with E-state index in [9.17, 15) is 4.79 Å². The second kappa shape index (κ2) is 7.24. The summed E-state index contributed by atoms with van der Waals surface area (Å²) in [5.41, 5.74) is 3.93. The predicted molar refractivity (Wildman–Crippen MR) is 109 cm³/mol. The number of rotatable bonds is 5. The van der Waals surface area contributed by atoms with Gasteiger partial charge in [-0.15, -0.1) is 0 Å². The van der Waals surface area contributed by atoms with Gasteiger partial charge in [0.1, 0.15) is 0 Å². The molecule has 0 spiro atoms. The van der Waals surface area contributed by atoms with Gasteiger partial charge in [0, 0.05) is 0 Å². The number of allylic oxidation sites excluding steroid dienone is 1. The lowest BCUT2D eigenvalue weighted by Gasteiger charge is -2.15. The molecule has 1 fully saturated rings. The lowest BCUT2D eigenvalue weighted by molar-refractivity contribution is -0.144. The van der Waals surface area contributed by atoms with Gasteiger partial charge in [-0.25, -0.2) is 0 Å². The Morgan fingerprint density at radius 1 is 0.889 bits per heavy atom. The minimum absolute atomic E-state index is 0.155. The third-order valence-electron chi connectivity index (χ3n) is 5.39. The fourth-order valence-corrected chi connectivity index (χ4v) is 3.77. The van der Waals surface area contributed by atoms with E-state index in [4.69, 9.17) is 4.74 Å². The molecule has 134 valence electrons. The Bertz CT molecular complexity index is 943. The van der Waals surface area contributed by atoms with Gasteiger partial charge >= 0.3 is 5.97 Å². The summed E-state index contributed by atoms with van der Waals surface area (Å²) in [6.45, 7) is 0. The second-order valence-corrected chi connectivity index (χ2v) is 6.99. The number of esters is 1. The van der Waals surface area contributed by atoms with Crippen LogP contribution in [0.15, 0.2) is 91.0 Å². The molecule has 0 N–H and O–H groups in total. The average Bonchev–Trinajstić information content (AvgIpc) is 3.49. The van der Waals surface area contributed by atoms with Gasteiger partial charge < -0.3 is 4.74 Å². The first-order chi connectivity index (χ1) is 13.2. The maximum atomic E-state index is 12.6. The molecule has 3 aromatic carbocycles. The van der Waals surface area contributed by atoms with Crippen LogP contribution in [0.25, 0.3) is 17.2 Å². The highest BCUT2D eigenvalue weighted by Gasteiger charge is 2.60. The highest BCUT2D eigenvalue weighted by Crippen LogP contribution is 2.56. The largest absolute Gasteiger partial charge is 0.468 e. The summed E-state index contributed by atoms with van der Waals surface area (Å²) >= 11 is 0. The van der Waals surface area contributed by atoms with Crippen LogP contribution in [0.3, 0.4) is 0 Å². The highest BCUT2D eigenvalue weighted by molar-refractivity contribution is 5.88. The molecule has 0 saturated heterocycles. The molecule has 0 heterocycles. The molecule has 0 amide bonds. The second-order valence-electron chi connectivity index (χ2n) is 6.99. The molecule has 2 nitrogen and oxygen atoms in total. The zero-order valence-corrected chi connectivity index (χ0v) is 15.3. The summed E-state index contributed by atoms with van der Waals surface area (Å²) in [5, 5.41) is 0. The minimum Gasteiger partial charge on any atom is -0.468 e. The first-order valence-electron chi connectivity index (χ1n) is 9.22. The van der Waals surface area contributed by atoms with E-state index in [0.29, 0.717) is 0 Å². The van der Waals surface area contributed by atoms with Crippen LogP contribution in [0, 0.1) is 5.92 Å². The molecule has 0 aromatic heterocycles.